The Balaban J connectivity index is 2.97. The molecule has 1 aromatic rings. The number of Topliss-reactive ketones (excluding diaryl/α,β-unsaturated/α-hetero) is 1. The summed E-state index contributed by atoms with van der Waals surface area (Å²) in [4.78, 5) is 23.4. The maximum absolute atomic E-state index is 12.0. The van der Waals surface area contributed by atoms with Crippen molar-refractivity contribution in [2.75, 3.05) is 17.1 Å². The summed E-state index contributed by atoms with van der Waals surface area (Å²) in [6, 6.07) is 6.37. The molecular weight excluding hydrogens is 316 g/mol. The first-order valence-electron chi connectivity index (χ1n) is 7.30. The summed E-state index contributed by atoms with van der Waals surface area (Å²) in [5.41, 5.74) is 0.431. The molecule has 0 aliphatic rings. The lowest BCUT2D eigenvalue weighted by atomic mass is 10.1. The van der Waals surface area contributed by atoms with E-state index in [9.17, 15) is 18.0 Å². The van der Waals surface area contributed by atoms with Crippen molar-refractivity contribution in [1.82, 2.24) is 5.32 Å². The van der Waals surface area contributed by atoms with Gasteiger partial charge in [0.1, 0.15) is 0 Å². The van der Waals surface area contributed by atoms with Gasteiger partial charge in [0, 0.05) is 24.1 Å². The van der Waals surface area contributed by atoms with E-state index in [4.69, 9.17) is 0 Å². The van der Waals surface area contributed by atoms with Crippen LogP contribution in [0.3, 0.4) is 0 Å². The third-order valence-corrected chi connectivity index (χ3v) is 4.19. The van der Waals surface area contributed by atoms with Gasteiger partial charge in [0.25, 0.3) is 0 Å². The van der Waals surface area contributed by atoms with E-state index in [-0.39, 0.29) is 30.2 Å². The van der Waals surface area contributed by atoms with E-state index >= 15 is 0 Å². The Labute approximate surface area is 137 Å². The van der Waals surface area contributed by atoms with Crippen LogP contribution in [-0.4, -0.2) is 38.4 Å². The largest absolute Gasteiger partial charge is 0.351 e. The molecule has 0 unspecified atom stereocenters. The van der Waals surface area contributed by atoms with Gasteiger partial charge in [0.2, 0.25) is 15.9 Å². The van der Waals surface area contributed by atoms with Crippen LogP contribution in [0.25, 0.3) is 0 Å². The standard InChI is InChI=1S/C16H24N2O4S/c1-12(19)13-7-6-8-14(11-13)18(23(5,21)22)10-9-15(20)17-16(2,3)4/h6-8,11H,9-10H2,1-5H3,(H,17,20). The minimum absolute atomic E-state index is 0.0160. The molecular formula is C16H24N2O4S. The summed E-state index contributed by atoms with van der Waals surface area (Å²) < 4.78 is 25.2. The first-order chi connectivity index (χ1) is 10.4. The molecule has 0 saturated heterocycles. The maximum atomic E-state index is 12.0. The highest BCUT2D eigenvalue weighted by Gasteiger charge is 2.21. The van der Waals surface area contributed by atoms with Crippen LogP contribution < -0.4 is 9.62 Å². The van der Waals surface area contributed by atoms with Crippen molar-refractivity contribution in [3.05, 3.63) is 29.8 Å². The van der Waals surface area contributed by atoms with E-state index in [1.165, 1.54) is 13.0 Å². The van der Waals surface area contributed by atoms with Gasteiger partial charge in [-0.05, 0) is 39.8 Å². The Kier molecular flexibility index (Phi) is 5.93. The number of carbonyl (C=O) groups is 2. The summed E-state index contributed by atoms with van der Waals surface area (Å²) >= 11 is 0. The highest BCUT2D eigenvalue weighted by atomic mass is 32.2. The quantitative estimate of drug-likeness (QED) is 0.803. The molecule has 0 fully saturated rings. The monoisotopic (exact) mass is 340 g/mol. The van der Waals surface area contributed by atoms with Crippen molar-refractivity contribution < 1.29 is 18.0 Å². The van der Waals surface area contributed by atoms with Crippen molar-refractivity contribution in [1.29, 1.82) is 0 Å². The molecule has 1 aromatic carbocycles. The summed E-state index contributed by atoms with van der Waals surface area (Å²) in [7, 11) is -3.56. The molecule has 0 aliphatic carbocycles. The van der Waals surface area contributed by atoms with Crippen LogP contribution in [-0.2, 0) is 14.8 Å². The fourth-order valence-corrected chi connectivity index (χ4v) is 2.97. The second-order valence-corrected chi connectivity index (χ2v) is 8.40. The predicted octanol–water partition coefficient (Wildman–Crippen LogP) is 1.96. The first-order valence-corrected chi connectivity index (χ1v) is 9.15. The molecule has 7 heteroatoms. The molecule has 1 rings (SSSR count). The predicted molar refractivity (Wildman–Crippen MR) is 91.1 cm³/mol. The van der Waals surface area contributed by atoms with Crippen molar-refractivity contribution in [2.45, 2.75) is 39.7 Å². The first kappa shape index (κ1) is 19.2. The second-order valence-electron chi connectivity index (χ2n) is 6.49. The number of benzene rings is 1. The second kappa shape index (κ2) is 7.12. The average Bonchev–Trinajstić information content (AvgIpc) is 2.35. The number of amides is 1. The summed E-state index contributed by atoms with van der Waals surface area (Å²) in [5, 5.41) is 2.79. The van der Waals surface area contributed by atoms with Gasteiger partial charge in [-0.3, -0.25) is 13.9 Å². The van der Waals surface area contributed by atoms with Crippen LogP contribution in [0, 0.1) is 0 Å². The number of sulfonamides is 1. The SMILES string of the molecule is CC(=O)c1cccc(N(CCC(=O)NC(C)(C)C)S(C)(=O)=O)c1. The molecule has 0 spiro atoms. The number of carbonyl (C=O) groups excluding carboxylic acids is 2. The van der Waals surface area contributed by atoms with E-state index in [0.29, 0.717) is 11.3 Å². The molecule has 6 nitrogen and oxygen atoms in total. The highest BCUT2D eigenvalue weighted by molar-refractivity contribution is 7.92. The molecule has 1 amide bonds. The van der Waals surface area contributed by atoms with Gasteiger partial charge in [0.05, 0.1) is 11.9 Å². The molecule has 23 heavy (non-hydrogen) atoms. The van der Waals surface area contributed by atoms with Gasteiger partial charge >= 0.3 is 0 Å². The topological polar surface area (TPSA) is 83.6 Å². The number of ketones is 1. The number of hydrogen-bond donors (Lipinski definition) is 1. The molecule has 0 aromatic heterocycles. The Bertz CT molecular complexity index is 690. The van der Waals surface area contributed by atoms with Crippen LogP contribution in [0.2, 0.25) is 0 Å². The van der Waals surface area contributed by atoms with Gasteiger partial charge in [-0.25, -0.2) is 8.42 Å². The van der Waals surface area contributed by atoms with Crippen molar-refractivity contribution >= 4 is 27.4 Å². The number of hydrogen-bond acceptors (Lipinski definition) is 4. The van der Waals surface area contributed by atoms with E-state index in [0.717, 1.165) is 10.6 Å². The zero-order chi connectivity index (χ0) is 17.8. The van der Waals surface area contributed by atoms with Crippen molar-refractivity contribution in [2.24, 2.45) is 0 Å². The van der Waals surface area contributed by atoms with Gasteiger partial charge in [-0.15, -0.1) is 0 Å². The minimum Gasteiger partial charge on any atom is -0.351 e. The number of nitrogens with zero attached hydrogens (tertiary/aromatic N) is 1. The van der Waals surface area contributed by atoms with Crippen molar-refractivity contribution in [3.63, 3.8) is 0 Å². The molecule has 1 N–H and O–H groups in total. The van der Waals surface area contributed by atoms with E-state index in [1.807, 2.05) is 20.8 Å². The Morgan fingerprint density at radius 3 is 2.30 bits per heavy atom. The van der Waals surface area contributed by atoms with Crippen molar-refractivity contribution in [3.8, 4) is 0 Å². The average molecular weight is 340 g/mol. The lowest BCUT2D eigenvalue weighted by Crippen LogP contribution is -2.42. The minimum atomic E-state index is -3.56. The van der Waals surface area contributed by atoms with Gasteiger partial charge in [-0.2, -0.15) is 0 Å². The van der Waals surface area contributed by atoms with Gasteiger partial charge < -0.3 is 5.32 Å². The summed E-state index contributed by atoms with van der Waals surface area (Å²) in [6.45, 7) is 7.00. The number of nitrogens with one attached hydrogen (secondary N) is 1. The van der Waals surface area contributed by atoms with Gasteiger partial charge in [-0.1, -0.05) is 12.1 Å². The fraction of sp³-hybridized carbons (Fsp3) is 0.500. The smallest absolute Gasteiger partial charge is 0.232 e. The maximum Gasteiger partial charge on any atom is 0.232 e. The zero-order valence-electron chi connectivity index (χ0n) is 14.2. The molecule has 128 valence electrons. The van der Waals surface area contributed by atoms with Crippen LogP contribution in [0.4, 0.5) is 5.69 Å². The summed E-state index contributed by atoms with van der Waals surface area (Å²) in [6.07, 6.45) is 1.11. The number of anilines is 1. The zero-order valence-corrected chi connectivity index (χ0v) is 15.0. The number of rotatable bonds is 6. The fourth-order valence-electron chi connectivity index (χ4n) is 2.05. The third kappa shape index (κ3) is 6.40. The Morgan fingerprint density at radius 2 is 1.83 bits per heavy atom. The highest BCUT2D eigenvalue weighted by Crippen LogP contribution is 2.20. The van der Waals surface area contributed by atoms with E-state index in [2.05, 4.69) is 5.32 Å². The van der Waals surface area contributed by atoms with E-state index < -0.39 is 10.0 Å². The lowest BCUT2D eigenvalue weighted by Gasteiger charge is -2.24. The van der Waals surface area contributed by atoms with Crippen LogP contribution in [0.1, 0.15) is 44.5 Å². The molecule has 0 radical (unpaired) electrons. The normalized spacial score (nSPS) is 11.9. The third-order valence-electron chi connectivity index (χ3n) is 3.00. The van der Waals surface area contributed by atoms with E-state index in [1.54, 1.807) is 18.2 Å². The summed E-state index contributed by atoms with van der Waals surface area (Å²) in [5.74, 6) is -0.375. The Morgan fingerprint density at radius 1 is 1.22 bits per heavy atom. The van der Waals surface area contributed by atoms with Crippen LogP contribution >= 0.6 is 0 Å². The van der Waals surface area contributed by atoms with Gasteiger partial charge in [0.15, 0.2) is 5.78 Å². The molecule has 0 saturated carbocycles. The lowest BCUT2D eigenvalue weighted by molar-refractivity contribution is -0.122. The van der Waals surface area contributed by atoms with Crippen LogP contribution in [0.15, 0.2) is 24.3 Å². The van der Waals surface area contributed by atoms with Crippen LogP contribution in [0.5, 0.6) is 0 Å². The Hall–Kier alpha value is -1.89. The molecule has 0 atom stereocenters. The molecule has 0 aliphatic heterocycles. The molecule has 0 bridgehead atoms. The molecule has 0 heterocycles.